The van der Waals surface area contributed by atoms with Crippen molar-refractivity contribution in [2.45, 2.75) is 19.8 Å². The van der Waals surface area contributed by atoms with Crippen molar-refractivity contribution in [1.82, 2.24) is 0 Å². The number of phenols is 1. The van der Waals surface area contributed by atoms with E-state index in [1.165, 1.54) is 0 Å². The molecule has 142 valence electrons. The van der Waals surface area contributed by atoms with Crippen LogP contribution in [0.15, 0.2) is 40.9 Å². The van der Waals surface area contributed by atoms with Crippen LogP contribution in [0.5, 0.6) is 5.75 Å². The van der Waals surface area contributed by atoms with E-state index in [9.17, 15) is 14.7 Å². The predicted molar refractivity (Wildman–Crippen MR) is 109 cm³/mol. The Morgan fingerprint density at radius 3 is 2.41 bits per heavy atom. The fourth-order valence-electron chi connectivity index (χ4n) is 3.28. The molecule has 2 aromatic rings. The Bertz CT molecular complexity index is 860. The lowest BCUT2D eigenvalue weighted by molar-refractivity contribution is -0.122. The number of benzene rings is 2. The third-order valence-corrected chi connectivity index (χ3v) is 5.44. The van der Waals surface area contributed by atoms with E-state index in [-0.39, 0.29) is 29.0 Å². The summed E-state index contributed by atoms with van der Waals surface area (Å²) in [6.07, 6.45) is 1.52. The van der Waals surface area contributed by atoms with Gasteiger partial charge in [0.25, 0.3) is 5.91 Å². The number of nitrogens with one attached hydrogen (secondary N) is 1. The van der Waals surface area contributed by atoms with Gasteiger partial charge < -0.3 is 21.1 Å². The fraction of sp³-hybridized carbons (Fsp3) is 0.300. The minimum absolute atomic E-state index is 0.0406. The van der Waals surface area contributed by atoms with Crippen molar-refractivity contribution in [2.24, 2.45) is 11.7 Å². The zero-order valence-corrected chi connectivity index (χ0v) is 16.6. The number of aromatic hydroxyl groups is 1. The van der Waals surface area contributed by atoms with Crippen LogP contribution in [0, 0.1) is 12.8 Å². The molecule has 3 rings (SSSR count). The number of nitrogens with zero attached hydrogens (tertiary/aromatic N) is 1. The quantitative estimate of drug-likeness (QED) is 0.690. The van der Waals surface area contributed by atoms with Gasteiger partial charge in [0, 0.05) is 30.4 Å². The van der Waals surface area contributed by atoms with Gasteiger partial charge in [-0.1, -0.05) is 0 Å². The van der Waals surface area contributed by atoms with E-state index in [2.05, 4.69) is 26.1 Å². The molecule has 0 aromatic heterocycles. The first-order chi connectivity index (χ1) is 12.8. The predicted octanol–water partition coefficient (Wildman–Crippen LogP) is 3.42. The van der Waals surface area contributed by atoms with Crippen LogP contribution in [0.4, 0.5) is 11.4 Å². The van der Waals surface area contributed by atoms with Crippen LogP contribution in [0.2, 0.25) is 0 Å². The number of rotatable bonds is 4. The molecule has 1 aliphatic heterocycles. The lowest BCUT2D eigenvalue weighted by atomic mass is 9.96. The molecule has 1 fully saturated rings. The van der Waals surface area contributed by atoms with Crippen molar-refractivity contribution in [3.63, 3.8) is 0 Å². The standard InChI is InChI=1S/C20H22BrN3O3/c1-12-10-16(18(25)17(21)11-12)20(27)23-14-2-4-15(5-3-14)24-8-6-13(7-9-24)19(22)26/h2-5,10-11,13,25H,6-9H2,1H3,(H2,22,26)(H,23,27). The number of primary amides is 1. The van der Waals surface area contributed by atoms with Gasteiger partial charge in [-0.05, 0) is 77.7 Å². The maximum atomic E-state index is 12.5. The van der Waals surface area contributed by atoms with Crippen molar-refractivity contribution >= 4 is 39.1 Å². The average Bonchev–Trinajstić information content (AvgIpc) is 2.65. The molecule has 0 aliphatic carbocycles. The van der Waals surface area contributed by atoms with Gasteiger partial charge in [-0.2, -0.15) is 0 Å². The van der Waals surface area contributed by atoms with Crippen LogP contribution in [0.1, 0.15) is 28.8 Å². The van der Waals surface area contributed by atoms with Crippen molar-refractivity contribution in [2.75, 3.05) is 23.3 Å². The number of amides is 2. The van der Waals surface area contributed by atoms with Gasteiger partial charge in [0.15, 0.2) is 0 Å². The largest absolute Gasteiger partial charge is 0.506 e. The molecule has 0 bridgehead atoms. The van der Waals surface area contributed by atoms with Gasteiger partial charge in [-0.25, -0.2) is 0 Å². The smallest absolute Gasteiger partial charge is 0.259 e. The summed E-state index contributed by atoms with van der Waals surface area (Å²) in [6.45, 7) is 3.42. The normalized spacial score (nSPS) is 14.8. The number of hydrogen-bond donors (Lipinski definition) is 3. The molecular formula is C20H22BrN3O3. The molecule has 2 amide bonds. The van der Waals surface area contributed by atoms with E-state index in [0.717, 1.165) is 37.2 Å². The first-order valence-corrected chi connectivity index (χ1v) is 9.59. The highest BCUT2D eigenvalue weighted by Gasteiger charge is 2.23. The van der Waals surface area contributed by atoms with Gasteiger partial charge in [0.1, 0.15) is 5.75 Å². The first kappa shape index (κ1) is 19.2. The highest BCUT2D eigenvalue weighted by molar-refractivity contribution is 9.10. The summed E-state index contributed by atoms with van der Waals surface area (Å²) in [5.41, 5.74) is 8.16. The Morgan fingerprint density at radius 2 is 1.81 bits per heavy atom. The Balaban J connectivity index is 1.66. The van der Waals surface area contributed by atoms with Gasteiger partial charge in [0.2, 0.25) is 5.91 Å². The molecule has 0 unspecified atom stereocenters. The monoisotopic (exact) mass is 431 g/mol. The SMILES string of the molecule is Cc1cc(Br)c(O)c(C(=O)Nc2ccc(N3CCC(C(N)=O)CC3)cc2)c1. The van der Waals surface area contributed by atoms with Crippen LogP contribution in [-0.4, -0.2) is 30.0 Å². The number of carbonyl (C=O) groups is 2. The van der Waals surface area contributed by atoms with E-state index in [1.807, 2.05) is 31.2 Å². The van der Waals surface area contributed by atoms with E-state index >= 15 is 0 Å². The molecule has 1 saturated heterocycles. The van der Waals surface area contributed by atoms with Crippen LogP contribution in [0.3, 0.4) is 0 Å². The zero-order valence-electron chi connectivity index (χ0n) is 15.0. The summed E-state index contributed by atoms with van der Waals surface area (Å²) >= 11 is 3.25. The van der Waals surface area contributed by atoms with Gasteiger partial charge in [0.05, 0.1) is 10.0 Å². The van der Waals surface area contributed by atoms with E-state index in [1.54, 1.807) is 12.1 Å². The fourth-order valence-corrected chi connectivity index (χ4v) is 3.86. The molecule has 0 spiro atoms. The summed E-state index contributed by atoms with van der Waals surface area (Å²) in [7, 11) is 0. The van der Waals surface area contributed by atoms with Crippen molar-refractivity contribution in [3.8, 4) is 5.75 Å². The van der Waals surface area contributed by atoms with Crippen molar-refractivity contribution < 1.29 is 14.7 Å². The molecule has 4 N–H and O–H groups in total. The van der Waals surface area contributed by atoms with Crippen molar-refractivity contribution in [3.05, 3.63) is 52.0 Å². The van der Waals surface area contributed by atoms with Gasteiger partial charge in [-0.15, -0.1) is 0 Å². The number of phenolic OH excluding ortho intramolecular Hbond substituents is 1. The number of aryl methyl sites for hydroxylation is 1. The second-order valence-corrected chi connectivity index (χ2v) is 7.66. The molecule has 0 atom stereocenters. The Hall–Kier alpha value is -2.54. The molecule has 0 radical (unpaired) electrons. The first-order valence-electron chi connectivity index (χ1n) is 8.80. The maximum absolute atomic E-state index is 12.5. The molecule has 1 heterocycles. The summed E-state index contributed by atoms with van der Waals surface area (Å²) in [4.78, 5) is 26.0. The molecule has 1 aliphatic rings. The summed E-state index contributed by atoms with van der Waals surface area (Å²) in [5.74, 6) is -0.709. The van der Waals surface area contributed by atoms with Crippen LogP contribution < -0.4 is 16.0 Å². The van der Waals surface area contributed by atoms with E-state index in [4.69, 9.17) is 5.73 Å². The number of carbonyl (C=O) groups excluding carboxylic acids is 2. The van der Waals surface area contributed by atoms with E-state index < -0.39 is 0 Å². The zero-order chi connectivity index (χ0) is 19.6. The summed E-state index contributed by atoms with van der Waals surface area (Å²) in [6, 6.07) is 10.9. The summed E-state index contributed by atoms with van der Waals surface area (Å²) in [5, 5.41) is 12.9. The number of nitrogens with two attached hydrogens (primary N) is 1. The number of piperidine rings is 1. The number of anilines is 2. The molecule has 7 heteroatoms. The van der Waals surface area contributed by atoms with Crippen LogP contribution in [0.25, 0.3) is 0 Å². The molecular weight excluding hydrogens is 410 g/mol. The molecule has 27 heavy (non-hydrogen) atoms. The highest BCUT2D eigenvalue weighted by atomic mass is 79.9. The van der Waals surface area contributed by atoms with Crippen molar-refractivity contribution in [1.29, 1.82) is 0 Å². The lowest BCUT2D eigenvalue weighted by Gasteiger charge is -2.32. The minimum Gasteiger partial charge on any atom is -0.506 e. The minimum atomic E-state index is -0.369. The van der Waals surface area contributed by atoms with E-state index in [0.29, 0.717) is 10.2 Å². The molecule has 0 saturated carbocycles. The summed E-state index contributed by atoms with van der Waals surface area (Å²) < 4.78 is 0.488. The van der Waals surface area contributed by atoms with Gasteiger partial charge in [-0.3, -0.25) is 9.59 Å². The number of hydrogen-bond acceptors (Lipinski definition) is 4. The maximum Gasteiger partial charge on any atom is 0.259 e. The highest BCUT2D eigenvalue weighted by Crippen LogP contribution is 2.30. The van der Waals surface area contributed by atoms with Crippen LogP contribution >= 0.6 is 15.9 Å². The molecule has 6 nitrogen and oxygen atoms in total. The third kappa shape index (κ3) is 4.42. The Morgan fingerprint density at radius 1 is 1.19 bits per heavy atom. The topological polar surface area (TPSA) is 95.7 Å². The Kier molecular flexibility index (Phi) is 5.70. The number of halogens is 1. The van der Waals surface area contributed by atoms with Gasteiger partial charge >= 0.3 is 0 Å². The second-order valence-electron chi connectivity index (χ2n) is 6.81. The van der Waals surface area contributed by atoms with Crippen LogP contribution in [-0.2, 0) is 4.79 Å². The molecule has 2 aromatic carbocycles. The second kappa shape index (κ2) is 8.00. The third-order valence-electron chi connectivity index (χ3n) is 4.84. The lowest BCUT2D eigenvalue weighted by Crippen LogP contribution is -2.38. The Labute approximate surface area is 166 Å². The average molecular weight is 432 g/mol.